The molecule has 0 radical (unpaired) electrons. The Kier molecular flexibility index (Phi) is 2.88. The summed E-state index contributed by atoms with van der Waals surface area (Å²) >= 11 is 0. The number of alkyl halides is 1. The van der Waals surface area contributed by atoms with Crippen molar-refractivity contribution in [3.63, 3.8) is 0 Å². The number of hydrogen-bond donors (Lipinski definition) is 1. The summed E-state index contributed by atoms with van der Waals surface area (Å²) in [6, 6.07) is -0.190. The van der Waals surface area contributed by atoms with Crippen molar-refractivity contribution in [1.29, 1.82) is 0 Å². The van der Waals surface area contributed by atoms with E-state index < -0.39 is 6.17 Å². The number of nitrogens with two attached hydrogens (primary N) is 1. The van der Waals surface area contributed by atoms with Crippen molar-refractivity contribution in [1.82, 2.24) is 0 Å². The molecular weight excluding hydrogens is 141 g/mol. The molecule has 11 heavy (non-hydrogen) atoms. The van der Waals surface area contributed by atoms with Gasteiger partial charge in [-0.1, -0.05) is 13.8 Å². The van der Waals surface area contributed by atoms with Gasteiger partial charge in [0.25, 0.3) is 0 Å². The van der Waals surface area contributed by atoms with Gasteiger partial charge < -0.3 is 5.73 Å². The highest BCUT2D eigenvalue weighted by Crippen LogP contribution is 2.30. The van der Waals surface area contributed by atoms with Crippen LogP contribution in [-0.4, -0.2) is 12.2 Å². The zero-order valence-electron chi connectivity index (χ0n) is 7.39. The first-order valence-corrected chi connectivity index (χ1v) is 4.51. The van der Waals surface area contributed by atoms with Gasteiger partial charge in [-0.25, -0.2) is 4.39 Å². The molecule has 66 valence electrons. The van der Waals surface area contributed by atoms with Crippen molar-refractivity contribution in [3.05, 3.63) is 0 Å². The second-order valence-corrected chi connectivity index (χ2v) is 4.00. The van der Waals surface area contributed by atoms with E-state index in [2.05, 4.69) is 13.8 Å². The molecule has 2 heteroatoms. The quantitative estimate of drug-likeness (QED) is 0.623. The lowest BCUT2D eigenvalue weighted by atomic mass is 9.79. The molecule has 1 fully saturated rings. The molecule has 0 bridgehead atoms. The molecule has 1 saturated carbocycles. The highest BCUT2D eigenvalue weighted by molar-refractivity contribution is 4.83. The molecule has 0 saturated heterocycles. The van der Waals surface area contributed by atoms with Crippen molar-refractivity contribution in [2.24, 2.45) is 17.6 Å². The summed E-state index contributed by atoms with van der Waals surface area (Å²) < 4.78 is 13.1. The smallest absolute Gasteiger partial charge is 0.115 e. The van der Waals surface area contributed by atoms with Crippen molar-refractivity contribution < 1.29 is 4.39 Å². The van der Waals surface area contributed by atoms with Crippen LogP contribution >= 0.6 is 0 Å². The zero-order chi connectivity index (χ0) is 8.43. The van der Waals surface area contributed by atoms with E-state index in [4.69, 9.17) is 5.73 Å². The van der Waals surface area contributed by atoms with Gasteiger partial charge in [0.05, 0.1) is 0 Å². The van der Waals surface area contributed by atoms with Crippen LogP contribution in [0, 0.1) is 11.8 Å². The van der Waals surface area contributed by atoms with Crippen LogP contribution in [0.5, 0.6) is 0 Å². The zero-order valence-corrected chi connectivity index (χ0v) is 7.39. The molecular formula is C9H18FN. The van der Waals surface area contributed by atoms with E-state index in [1.165, 1.54) is 0 Å². The van der Waals surface area contributed by atoms with E-state index in [-0.39, 0.29) is 6.04 Å². The number of hydrogen-bond acceptors (Lipinski definition) is 1. The lowest BCUT2D eigenvalue weighted by molar-refractivity contribution is 0.144. The maximum atomic E-state index is 13.1. The fourth-order valence-electron chi connectivity index (χ4n) is 1.77. The van der Waals surface area contributed by atoms with Crippen molar-refractivity contribution in [3.8, 4) is 0 Å². The summed E-state index contributed by atoms with van der Waals surface area (Å²) in [7, 11) is 0. The highest BCUT2D eigenvalue weighted by atomic mass is 19.1. The van der Waals surface area contributed by atoms with E-state index in [9.17, 15) is 4.39 Å². The molecule has 3 unspecified atom stereocenters. The fourth-order valence-corrected chi connectivity index (χ4v) is 1.77. The van der Waals surface area contributed by atoms with Gasteiger partial charge in [0.15, 0.2) is 0 Å². The molecule has 0 spiro atoms. The summed E-state index contributed by atoms with van der Waals surface area (Å²) in [5, 5.41) is 0. The topological polar surface area (TPSA) is 26.0 Å². The largest absolute Gasteiger partial charge is 0.325 e. The van der Waals surface area contributed by atoms with Gasteiger partial charge in [-0.3, -0.25) is 0 Å². The first-order valence-electron chi connectivity index (χ1n) is 4.51. The molecule has 0 aromatic rings. The van der Waals surface area contributed by atoms with Gasteiger partial charge in [0, 0.05) is 6.04 Å². The average Bonchev–Trinajstić information content (AvgIpc) is 1.94. The lowest BCUT2D eigenvalue weighted by Gasteiger charge is -2.31. The highest BCUT2D eigenvalue weighted by Gasteiger charge is 2.29. The van der Waals surface area contributed by atoms with Gasteiger partial charge in [-0.05, 0) is 31.1 Å². The van der Waals surface area contributed by atoms with Crippen LogP contribution in [-0.2, 0) is 0 Å². The molecule has 0 amide bonds. The summed E-state index contributed by atoms with van der Waals surface area (Å²) in [5.41, 5.74) is 5.57. The SMILES string of the molecule is CC(C)C1CCC(N)C(F)C1. The normalized spacial score (nSPS) is 39.5. The molecule has 0 aliphatic heterocycles. The van der Waals surface area contributed by atoms with Crippen LogP contribution in [0.2, 0.25) is 0 Å². The summed E-state index contributed by atoms with van der Waals surface area (Å²) in [6.45, 7) is 4.32. The van der Waals surface area contributed by atoms with Crippen LogP contribution in [0.25, 0.3) is 0 Å². The first kappa shape index (κ1) is 8.98. The summed E-state index contributed by atoms with van der Waals surface area (Å²) in [4.78, 5) is 0. The standard InChI is InChI=1S/C9H18FN/c1-6(2)7-3-4-9(11)8(10)5-7/h6-9H,3-5,11H2,1-2H3. The van der Waals surface area contributed by atoms with E-state index >= 15 is 0 Å². The number of rotatable bonds is 1. The van der Waals surface area contributed by atoms with Gasteiger partial charge in [0.1, 0.15) is 6.17 Å². The van der Waals surface area contributed by atoms with Crippen LogP contribution in [0.4, 0.5) is 4.39 Å². The fraction of sp³-hybridized carbons (Fsp3) is 1.00. The van der Waals surface area contributed by atoms with Gasteiger partial charge in [0.2, 0.25) is 0 Å². The maximum Gasteiger partial charge on any atom is 0.115 e. The molecule has 1 nitrogen and oxygen atoms in total. The Bertz CT molecular complexity index is 125. The third-order valence-corrected chi connectivity index (χ3v) is 2.81. The Balaban J connectivity index is 2.40. The monoisotopic (exact) mass is 159 g/mol. The Hall–Kier alpha value is -0.110. The minimum Gasteiger partial charge on any atom is -0.325 e. The first-order chi connectivity index (χ1) is 5.11. The Morgan fingerprint density at radius 3 is 2.45 bits per heavy atom. The molecule has 0 heterocycles. The Morgan fingerprint density at radius 1 is 1.36 bits per heavy atom. The van der Waals surface area contributed by atoms with Gasteiger partial charge in [-0.2, -0.15) is 0 Å². The third kappa shape index (κ3) is 2.16. The third-order valence-electron chi connectivity index (χ3n) is 2.81. The van der Waals surface area contributed by atoms with Crippen LogP contribution in [0.1, 0.15) is 33.1 Å². The average molecular weight is 159 g/mol. The lowest BCUT2D eigenvalue weighted by Crippen LogP contribution is -2.38. The van der Waals surface area contributed by atoms with E-state index in [0.29, 0.717) is 18.3 Å². The van der Waals surface area contributed by atoms with E-state index in [1.807, 2.05) is 0 Å². The maximum absolute atomic E-state index is 13.1. The van der Waals surface area contributed by atoms with Crippen LogP contribution in [0.15, 0.2) is 0 Å². The second kappa shape index (κ2) is 3.53. The second-order valence-electron chi connectivity index (χ2n) is 4.00. The van der Waals surface area contributed by atoms with Crippen molar-refractivity contribution in [2.45, 2.75) is 45.3 Å². The number of halogens is 1. The Morgan fingerprint density at radius 2 is 2.00 bits per heavy atom. The summed E-state index contributed by atoms with van der Waals surface area (Å²) in [6.07, 6.45) is 1.90. The van der Waals surface area contributed by atoms with Crippen molar-refractivity contribution >= 4 is 0 Å². The predicted molar refractivity (Wildman–Crippen MR) is 45.1 cm³/mol. The predicted octanol–water partition coefficient (Wildman–Crippen LogP) is 2.11. The van der Waals surface area contributed by atoms with Gasteiger partial charge in [-0.15, -0.1) is 0 Å². The van der Waals surface area contributed by atoms with E-state index in [1.54, 1.807) is 0 Å². The van der Waals surface area contributed by atoms with Crippen LogP contribution < -0.4 is 5.73 Å². The van der Waals surface area contributed by atoms with Crippen molar-refractivity contribution in [2.75, 3.05) is 0 Å². The van der Waals surface area contributed by atoms with Gasteiger partial charge >= 0.3 is 0 Å². The molecule has 1 aliphatic carbocycles. The molecule has 0 aromatic heterocycles. The molecule has 1 aliphatic rings. The molecule has 3 atom stereocenters. The Labute approximate surface area is 68.2 Å². The minimum atomic E-state index is -0.754. The molecule has 1 rings (SSSR count). The molecule has 2 N–H and O–H groups in total. The summed E-state index contributed by atoms with van der Waals surface area (Å²) in [5.74, 6) is 1.17. The molecule has 0 aromatic carbocycles. The van der Waals surface area contributed by atoms with E-state index in [0.717, 1.165) is 12.8 Å². The minimum absolute atomic E-state index is 0.190. The van der Waals surface area contributed by atoms with Crippen LogP contribution in [0.3, 0.4) is 0 Å².